The zero-order chi connectivity index (χ0) is 30.1. The Morgan fingerprint density at radius 1 is 0.857 bits per heavy atom. The topological polar surface area (TPSA) is 96.0 Å². The maximum absolute atomic E-state index is 14.3. The van der Waals surface area contributed by atoms with Crippen LogP contribution in [-0.4, -0.2) is 51.9 Å². The Balaban J connectivity index is 1.79. The van der Waals surface area contributed by atoms with Crippen molar-refractivity contribution in [2.45, 2.75) is 23.9 Å². The largest absolute Gasteiger partial charge is 0.497 e. The van der Waals surface area contributed by atoms with Crippen LogP contribution in [-0.2, 0) is 32.6 Å². The number of nitrogens with zero attached hydrogens (tertiary/aromatic N) is 2. The molecule has 8 nitrogen and oxygen atoms in total. The molecule has 10 heteroatoms. The van der Waals surface area contributed by atoms with Gasteiger partial charge in [0, 0.05) is 30.6 Å². The van der Waals surface area contributed by atoms with Gasteiger partial charge in [-0.1, -0.05) is 82.7 Å². The number of rotatable bonds is 12. The van der Waals surface area contributed by atoms with Gasteiger partial charge in [-0.05, 0) is 47.5 Å². The molecule has 1 atom stereocenters. The van der Waals surface area contributed by atoms with E-state index in [0.29, 0.717) is 5.75 Å². The number of hydrogen-bond acceptors (Lipinski definition) is 5. The molecule has 0 bridgehead atoms. The first-order valence-corrected chi connectivity index (χ1v) is 15.5. The highest BCUT2D eigenvalue weighted by molar-refractivity contribution is 9.10. The van der Waals surface area contributed by atoms with Gasteiger partial charge in [0.1, 0.15) is 18.3 Å². The van der Waals surface area contributed by atoms with Crippen LogP contribution in [0, 0.1) is 0 Å². The number of hydrogen-bond donors (Lipinski definition) is 1. The predicted molar refractivity (Wildman–Crippen MR) is 167 cm³/mol. The lowest BCUT2D eigenvalue weighted by Gasteiger charge is -2.33. The third kappa shape index (κ3) is 7.57. The minimum atomic E-state index is -4.18. The zero-order valence-corrected chi connectivity index (χ0v) is 25.7. The quantitative estimate of drug-likeness (QED) is 0.232. The van der Waals surface area contributed by atoms with Crippen molar-refractivity contribution in [3.63, 3.8) is 0 Å². The second-order valence-electron chi connectivity index (χ2n) is 9.50. The number of benzene rings is 4. The molecule has 4 aromatic rings. The number of anilines is 1. The van der Waals surface area contributed by atoms with E-state index in [1.54, 1.807) is 42.5 Å². The fraction of sp³-hybridized carbons (Fsp3) is 0.188. The van der Waals surface area contributed by atoms with E-state index < -0.39 is 28.5 Å². The van der Waals surface area contributed by atoms with E-state index in [4.69, 9.17) is 4.74 Å². The number of amides is 2. The summed E-state index contributed by atoms with van der Waals surface area (Å²) in [7, 11) is -1.17. The minimum absolute atomic E-state index is 0.0336. The van der Waals surface area contributed by atoms with Gasteiger partial charge >= 0.3 is 0 Å². The van der Waals surface area contributed by atoms with Crippen LogP contribution >= 0.6 is 15.9 Å². The molecule has 4 aromatic carbocycles. The molecule has 0 heterocycles. The lowest BCUT2D eigenvalue weighted by Crippen LogP contribution is -2.53. The molecule has 0 spiro atoms. The summed E-state index contributed by atoms with van der Waals surface area (Å²) in [5, 5.41) is 2.68. The molecule has 0 fully saturated rings. The summed E-state index contributed by atoms with van der Waals surface area (Å²) in [6.07, 6.45) is 0.241. The highest BCUT2D eigenvalue weighted by Gasteiger charge is 2.34. The lowest BCUT2D eigenvalue weighted by molar-refractivity contribution is -0.139. The zero-order valence-electron chi connectivity index (χ0n) is 23.3. The van der Waals surface area contributed by atoms with E-state index in [0.717, 1.165) is 19.9 Å². The summed E-state index contributed by atoms with van der Waals surface area (Å²) in [5.74, 6) is -0.464. The number of carbonyl (C=O) groups is 2. The van der Waals surface area contributed by atoms with E-state index in [-0.39, 0.29) is 29.5 Å². The molecule has 1 N–H and O–H groups in total. The molecule has 218 valence electrons. The van der Waals surface area contributed by atoms with Gasteiger partial charge in [0.2, 0.25) is 11.8 Å². The number of sulfonamides is 1. The van der Waals surface area contributed by atoms with Crippen molar-refractivity contribution < 1.29 is 22.7 Å². The average Bonchev–Trinajstić information content (AvgIpc) is 3.02. The van der Waals surface area contributed by atoms with E-state index in [2.05, 4.69) is 21.2 Å². The van der Waals surface area contributed by atoms with Crippen LogP contribution in [0.15, 0.2) is 119 Å². The third-order valence-electron chi connectivity index (χ3n) is 6.71. The van der Waals surface area contributed by atoms with Crippen LogP contribution in [0.4, 0.5) is 5.69 Å². The number of methoxy groups -OCH3 is 1. The first-order chi connectivity index (χ1) is 20.2. The first kappa shape index (κ1) is 30.8. The Hall–Kier alpha value is -4.15. The summed E-state index contributed by atoms with van der Waals surface area (Å²) in [6, 6.07) is 30.4. The normalized spacial score (nSPS) is 11.8. The highest BCUT2D eigenvalue weighted by Crippen LogP contribution is 2.28. The Morgan fingerprint density at radius 3 is 2.14 bits per heavy atom. The standard InChI is InChI=1S/C32H32BrN3O5S/c1-34-32(38)30(20-24-11-5-3-6-12-24)35(22-25-13-9-14-26(33)19-25)31(37)23-36(27-15-10-16-28(21-27)41-2)42(39,40)29-17-7-4-8-18-29/h3-19,21,30H,20,22-23H2,1-2H3,(H,34,38)/t30-/m0/s1. The molecule has 0 aliphatic heterocycles. The fourth-order valence-corrected chi connectivity index (χ4v) is 6.44. The molecule has 0 radical (unpaired) electrons. The summed E-state index contributed by atoms with van der Waals surface area (Å²) in [4.78, 5) is 29.1. The van der Waals surface area contributed by atoms with E-state index in [9.17, 15) is 18.0 Å². The van der Waals surface area contributed by atoms with Gasteiger partial charge in [0.25, 0.3) is 10.0 Å². The van der Waals surface area contributed by atoms with Crippen LogP contribution in [0.2, 0.25) is 0 Å². The van der Waals surface area contributed by atoms with Gasteiger partial charge in [-0.3, -0.25) is 13.9 Å². The third-order valence-corrected chi connectivity index (χ3v) is 8.99. The monoisotopic (exact) mass is 649 g/mol. The maximum Gasteiger partial charge on any atom is 0.264 e. The first-order valence-electron chi connectivity index (χ1n) is 13.2. The molecule has 2 amide bonds. The van der Waals surface area contributed by atoms with Crippen LogP contribution in [0.25, 0.3) is 0 Å². The fourth-order valence-electron chi connectivity index (χ4n) is 4.57. The van der Waals surface area contributed by atoms with Gasteiger partial charge < -0.3 is 15.0 Å². The van der Waals surface area contributed by atoms with Crippen LogP contribution < -0.4 is 14.4 Å². The van der Waals surface area contributed by atoms with Crippen molar-refractivity contribution >= 4 is 43.5 Å². The summed E-state index contributed by atoms with van der Waals surface area (Å²) >= 11 is 3.48. The summed E-state index contributed by atoms with van der Waals surface area (Å²) in [5.41, 5.74) is 1.90. The summed E-state index contributed by atoms with van der Waals surface area (Å²) < 4.78 is 35.2. The van der Waals surface area contributed by atoms with Crippen molar-refractivity contribution in [3.8, 4) is 5.75 Å². The van der Waals surface area contributed by atoms with Gasteiger partial charge in [0.05, 0.1) is 17.7 Å². The molecule has 0 aliphatic rings. The van der Waals surface area contributed by atoms with Crippen molar-refractivity contribution in [2.24, 2.45) is 0 Å². The Bertz CT molecular complexity index is 1620. The Morgan fingerprint density at radius 2 is 1.50 bits per heavy atom. The van der Waals surface area contributed by atoms with Crippen molar-refractivity contribution in [2.75, 3.05) is 25.0 Å². The molecule has 42 heavy (non-hydrogen) atoms. The molecular weight excluding hydrogens is 618 g/mol. The van der Waals surface area contributed by atoms with E-state index >= 15 is 0 Å². The molecule has 0 unspecified atom stereocenters. The maximum atomic E-state index is 14.3. The smallest absolute Gasteiger partial charge is 0.264 e. The van der Waals surface area contributed by atoms with Crippen LogP contribution in [0.1, 0.15) is 11.1 Å². The minimum Gasteiger partial charge on any atom is -0.497 e. The van der Waals surface area contributed by atoms with Crippen molar-refractivity contribution in [3.05, 3.63) is 125 Å². The number of carbonyl (C=O) groups excluding carboxylic acids is 2. The summed E-state index contributed by atoms with van der Waals surface area (Å²) in [6.45, 7) is -0.457. The SMILES string of the molecule is CNC(=O)[C@H](Cc1ccccc1)N(Cc1cccc(Br)c1)C(=O)CN(c1cccc(OC)c1)S(=O)(=O)c1ccccc1. The lowest BCUT2D eigenvalue weighted by atomic mass is 10.0. The second kappa shape index (κ2) is 14.2. The number of halogens is 1. The van der Waals surface area contributed by atoms with E-state index in [1.807, 2.05) is 54.6 Å². The Labute approximate surface area is 255 Å². The molecule has 0 saturated carbocycles. The number of nitrogens with one attached hydrogen (secondary N) is 1. The van der Waals surface area contributed by atoms with Crippen molar-refractivity contribution in [1.82, 2.24) is 10.2 Å². The van der Waals surface area contributed by atoms with Crippen LogP contribution in [0.5, 0.6) is 5.75 Å². The number of ether oxygens (including phenoxy) is 1. The number of likely N-dealkylation sites (N-methyl/N-ethyl adjacent to an activating group) is 1. The molecular formula is C32H32BrN3O5S. The van der Waals surface area contributed by atoms with Gasteiger partial charge in [-0.2, -0.15) is 0 Å². The predicted octanol–water partition coefficient (Wildman–Crippen LogP) is 5.04. The van der Waals surface area contributed by atoms with Gasteiger partial charge in [-0.25, -0.2) is 8.42 Å². The Kier molecular flexibility index (Phi) is 10.4. The van der Waals surface area contributed by atoms with Crippen LogP contribution in [0.3, 0.4) is 0 Å². The molecule has 4 rings (SSSR count). The van der Waals surface area contributed by atoms with Gasteiger partial charge in [0.15, 0.2) is 0 Å². The average molecular weight is 651 g/mol. The molecule has 0 aromatic heterocycles. The molecule has 0 aliphatic carbocycles. The second-order valence-corrected chi connectivity index (χ2v) is 12.3. The van der Waals surface area contributed by atoms with Gasteiger partial charge in [-0.15, -0.1) is 0 Å². The molecule has 0 saturated heterocycles. The highest BCUT2D eigenvalue weighted by atomic mass is 79.9. The van der Waals surface area contributed by atoms with E-state index in [1.165, 1.54) is 31.2 Å². The van der Waals surface area contributed by atoms with Crippen molar-refractivity contribution in [1.29, 1.82) is 0 Å².